The molecule has 2 heterocycles. The number of nitrogen functional groups attached to an aromatic ring is 1. The SMILES string of the molecule is Nc1csc(NN=Cc2ccc(-c3cnc4ccccc4c3)cc2)n1. The van der Waals surface area contributed by atoms with Gasteiger partial charge in [-0.25, -0.2) is 4.98 Å². The van der Waals surface area contributed by atoms with Crippen molar-refractivity contribution in [1.82, 2.24) is 9.97 Å². The number of pyridine rings is 1. The Balaban J connectivity index is 1.50. The first kappa shape index (κ1) is 15.3. The number of nitrogens with two attached hydrogens (primary N) is 1. The number of rotatable bonds is 4. The maximum atomic E-state index is 5.57. The highest BCUT2D eigenvalue weighted by Gasteiger charge is 2.01. The van der Waals surface area contributed by atoms with Crippen LogP contribution in [0.2, 0.25) is 0 Å². The topological polar surface area (TPSA) is 76.2 Å². The van der Waals surface area contributed by atoms with Crippen molar-refractivity contribution in [3.63, 3.8) is 0 Å². The van der Waals surface area contributed by atoms with Gasteiger partial charge in [-0.05, 0) is 23.3 Å². The minimum absolute atomic E-state index is 0.496. The van der Waals surface area contributed by atoms with Crippen molar-refractivity contribution in [2.24, 2.45) is 5.10 Å². The molecule has 6 heteroatoms. The molecule has 0 amide bonds. The number of benzene rings is 2. The van der Waals surface area contributed by atoms with Gasteiger partial charge in [-0.2, -0.15) is 5.10 Å². The number of para-hydroxylation sites is 1. The largest absolute Gasteiger partial charge is 0.383 e. The summed E-state index contributed by atoms with van der Waals surface area (Å²) in [6.45, 7) is 0. The molecule has 0 unspecified atom stereocenters. The lowest BCUT2D eigenvalue weighted by Gasteiger charge is -2.04. The van der Waals surface area contributed by atoms with Crippen molar-refractivity contribution in [1.29, 1.82) is 0 Å². The molecule has 4 aromatic rings. The molecule has 0 aliphatic carbocycles. The average Bonchev–Trinajstić information content (AvgIpc) is 3.07. The van der Waals surface area contributed by atoms with Gasteiger partial charge in [0.05, 0.1) is 11.7 Å². The van der Waals surface area contributed by atoms with E-state index in [1.165, 1.54) is 11.3 Å². The number of nitrogens with one attached hydrogen (secondary N) is 1. The van der Waals surface area contributed by atoms with Gasteiger partial charge in [-0.3, -0.25) is 10.4 Å². The van der Waals surface area contributed by atoms with E-state index in [1.54, 1.807) is 11.6 Å². The van der Waals surface area contributed by atoms with Gasteiger partial charge < -0.3 is 5.73 Å². The first-order chi connectivity index (χ1) is 12.3. The van der Waals surface area contributed by atoms with Crippen LogP contribution in [0.1, 0.15) is 5.56 Å². The maximum absolute atomic E-state index is 5.57. The Bertz CT molecular complexity index is 1040. The molecule has 0 fully saturated rings. The van der Waals surface area contributed by atoms with Gasteiger partial charge in [0.25, 0.3) is 0 Å². The first-order valence-corrected chi connectivity index (χ1v) is 8.61. The van der Waals surface area contributed by atoms with Crippen molar-refractivity contribution in [2.45, 2.75) is 0 Å². The van der Waals surface area contributed by atoms with E-state index in [9.17, 15) is 0 Å². The van der Waals surface area contributed by atoms with E-state index < -0.39 is 0 Å². The van der Waals surface area contributed by atoms with Gasteiger partial charge in [0.1, 0.15) is 5.82 Å². The monoisotopic (exact) mass is 345 g/mol. The third-order valence-electron chi connectivity index (χ3n) is 3.73. The molecule has 0 aliphatic rings. The van der Waals surface area contributed by atoms with Crippen LogP contribution in [0, 0.1) is 0 Å². The Hall–Kier alpha value is -3.25. The Morgan fingerprint density at radius 2 is 1.88 bits per heavy atom. The lowest BCUT2D eigenvalue weighted by molar-refractivity contribution is 1.29. The molecule has 25 heavy (non-hydrogen) atoms. The average molecular weight is 345 g/mol. The Kier molecular flexibility index (Phi) is 4.10. The second-order valence-electron chi connectivity index (χ2n) is 5.49. The standard InChI is InChI=1S/C19H15N5S/c20-18-12-25-19(23-18)24-22-10-13-5-7-14(8-6-13)16-9-15-3-1-2-4-17(15)21-11-16/h1-12H,20H2,(H,23,24). The van der Waals surface area contributed by atoms with Crippen LogP contribution >= 0.6 is 11.3 Å². The lowest BCUT2D eigenvalue weighted by Crippen LogP contribution is -1.91. The van der Waals surface area contributed by atoms with Crippen LogP contribution < -0.4 is 11.2 Å². The summed E-state index contributed by atoms with van der Waals surface area (Å²) in [5, 5.41) is 7.75. The van der Waals surface area contributed by atoms with Crippen LogP contribution in [0.5, 0.6) is 0 Å². The minimum Gasteiger partial charge on any atom is -0.383 e. The van der Waals surface area contributed by atoms with Crippen LogP contribution in [0.3, 0.4) is 0 Å². The smallest absolute Gasteiger partial charge is 0.205 e. The normalized spacial score (nSPS) is 11.2. The van der Waals surface area contributed by atoms with Gasteiger partial charge in [-0.15, -0.1) is 11.3 Å². The summed E-state index contributed by atoms with van der Waals surface area (Å²) < 4.78 is 0. The number of hydrazone groups is 1. The molecule has 0 radical (unpaired) electrons. The molecule has 122 valence electrons. The third kappa shape index (κ3) is 3.49. The van der Waals surface area contributed by atoms with Crippen molar-refractivity contribution in [3.8, 4) is 11.1 Å². The van der Waals surface area contributed by atoms with E-state index in [2.05, 4.69) is 44.8 Å². The van der Waals surface area contributed by atoms with Crippen molar-refractivity contribution < 1.29 is 0 Å². The molecular formula is C19H15N5S. The summed E-state index contributed by atoms with van der Waals surface area (Å²) in [6, 6.07) is 18.4. The zero-order valence-corrected chi connectivity index (χ0v) is 14.1. The number of fused-ring (bicyclic) bond motifs is 1. The Labute approximate surface area is 148 Å². The Morgan fingerprint density at radius 1 is 1.04 bits per heavy atom. The predicted molar refractivity (Wildman–Crippen MR) is 105 cm³/mol. The first-order valence-electron chi connectivity index (χ1n) is 7.73. The number of aromatic nitrogens is 2. The quantitative estimate of drug-likeness (QED) is 0.425. The number of anilines is 2. The van der Waals surface area contributed by atoms with Crippen molar-refractivity contribution >= 4 is 39.4 Å². The van der Waals surface area contributed by atoms with Gasteiger partial charge >= 0.3 is 0 Å². The number of hydrogen-bond acceptors (Lipinski definition) is 6. The van der Waals surface area contributed by atoms with Gasteiger partial charge in [0.15, 0.2) is 0 Å². The Morgan fingerprint density at radius 3 is 2.68 bits per heavy atom. The van der Waals surface area contributed by atoms with Crippen molar-refractivity contribution in [2.75, 3.05) is 11.2 Å². The van der Waals surface area contributed by atoms with Crippen LogP contribution in [0.25, 0.3) is 22.0 Å². The minimum atomic E-state index is 0.496. The van der Waals surface area contributed by atoms with E-state index in [-0.39, 0.29) is 0 Å². The summed E-state index contributed by atoms with van der Waals surface area (Å²) in [5.74, 6) is 0.496. The summed E-state index contributed by atoms with van der Waals surface area (Å²) in [6.07, 6.45) is 3.65. The summed E-state index contributed by atoms with van der Waals surface area (Å²) in [4.78, 5) is 8.60. The van der Waals surface area contributed by atoms with Crippen LogP contribution in [-0.2, 0) is 0 Å². The molecule has 0 spiro atoms. The highest BCUT2D eigenvalue weighted by atomic mass is 32.1. The van der Waals surface area contributed by atoms with E-state index in [0.29, 0.717) is 10.9 Å². The third-order valence-corrected chi connectivity index (χ3v) is 4.50. The summed E-state index contributed by atoms with van der Waals surface area (Å²) in [5.41, 5.74) is 12.7. The second kappa shape index (κ2) is 6.70. The predicted octanol–water partition coefficient (Wildman–Crippen LogP) is 4.39. The number of nitrogens with zero attached hydrogens (tertiary/aromatic N) is 3. The fourth-order valence-electron chi connectivity index (χ4n) is 2.49. The summed E-state index contributed by atoms with van der Waals surface area (Å²) in [7, 11) is 0. The number of hydrogen-bond donors (Lipinski definition) is 2. The zero-order chi connectivity index (χ0) is 17.1. The molecule has 0 aliphatic heterocycles. The molecule has 0 bridgehead atoms. The fourth-order valence-corrected chi connectivity index (χ4v) is 3.04. The van der Waals surface area contributed by atoms with E-state index in [0.717, 1.165) is 27.6 Å². The molecule has 3 N–H and O–H groups in total. The molecule has 0 saturated heterocycles. The molecule has 5 nitrogen and oxygen atoms in total. The van der Waals surface area contributed by atoms with Crippen LogP contribution in [0.4, 0.5) is 10.9 Å². The highest BCUT2D eigenvalue weighted by molar-refractivity contribution is 7.14. The molecule has 0 saturated carbocycles. The number of thiazole rings is 1. The van der Waals surface area contributed by atoms with Gasteiger partial charge in [-0.1, -0.05) is 42.5 Å². The van der Waals surface area contributed by atoms with Gasteiger partial charge in [0.2, 0.25) is 5.13 Å². The molecule has 0 atom stereocenters. The van der Waals surface area contributed by atoms with E-state index >= 15 is 0 Å². The lowest BCUT2D eigenvalue weighted by atomic mass is 10.0. The van der Waals surface area contributed by atoms with E-state index in [1.807, 2.05) is 36.5 Å². The van der Waals surface area contributed by atoms with Crippen LogP contribution in [-0.4, -0.2) is 16.2 Å². The van der Waals surface area contributed by atoms with Crippen molar-refractivity contribution in [3.05, 3.63) is 71.7 Å². The molecular weight excluding hydrogens is 330 g/mol. The maximum Gasteiger partial charge on any atom is 0.205 e. The molecule has 4 rings (SSSR count). The molecule has 2 aromatic heterocycles. The van der Waals surface area contributed by atoms with Crippen LogP contribution in [0.15, 0.2) is 71.3 Å². The van der Waals surface area contributed by atoms with E-state index in [4.69, 9.17) is 5.73 Å². The zero-order valence-electron chi connectivity index (χ0n) is 13.3. The summed E-state index contributed by atoms with van der Waals surface area (Å²) >= 11 is 1.42. The molecule has 2 aromatic carbocycles. The van der Waals surface area contributed by atoms with Gasteiger partial charge in [0, 0.05) is 22.5 Å². The second-order valence-corrected chi connectivity index (χ2v) is 6.34. The highest BCUT2D eigenvalue weighted by Crippen LogP contribution is 2.23. The fraction of sp³-hybridized carbons (Fsp3) is 0.